The lowest BCUT2D eigenvalue weighted by Gasteiger charge is -2.15. The lowest BCUT2D eigenvalue weighted by atomic mass is 9.98. The van der Waals surface area contributed by atoms with E-state index < -0.39 is 0 Å². The molecule has 0 amide bonds. The summed E-state index contributed by atoms with van der Waals surface area (Å²) in [4.78, 5) is 15.3. The zero-order valence-corrected chi connectivity index (χ0v) is 18.8. The fourth-order valence-corrected chi connectivity index (χ4v) is 4.40. The monoisotopic (exact) mass is 441 g/mol. The Balaban J connectivity index is 1.45. The second-order valence-corrected chi connectivity index (χ2v) is 8.32. The Bertz CT molecular complexity index is 1290. The summed E-state index contributed by atoms with van der Waals surface area (Å²) in [5.74, 6) is 1.45. The summed E-state index contributed by atoms with van der Waals surface area (Å²) in [5.41, 5.74) is 3.43. The van der Waals surface area contributed by atoms with Crippen LogP contribution in [0.2, 0.25) is 0 Å². The van der Waals surface area contributed by atoms with Crippen LogP contribution in [0.1, 0.15) is 12.8 Å². The second kappa shape index (κ2) is 9.51. The van der Waals surface area contributed by atoms with Crippen LogP contribution >= 0.6 is 0 Å². The predicted octanol–water partition coefficient (Wildman–Crippen LogP) is 5.61. The molecule has 1 aliphatic heterocycles. The fourth-order valence-electron chi connectivity index (χ4n) is 4.40. The van der Waals surface area contributed by atoms with Crippen LogP contribution in [0.15, 0.2) is 82.0 Å². The number of hydrogen-bond donors (Lipinski definition) is 0. The molecule has 0 bridgehead atoms. The third kappa shape index (κ3) is 4.64. The van der Waals surface area contributed by atoms with Gasteiger partial charge in [-0.2, -0.15) is 0 Å². The Hall–Kier alpha value is -3.57. The summed E-state index contributed by atoms with van der Waals surface area (Å²) in [6.07, 6.45) is 2.56. The van der Waals surface area contributed by atoms with E-state index in [1.54, 1.807) is 13.2 Å². The summed E-state index contributed by atoms with van der Waals surface area (Å²) in [5, 5.41) is 0.863. The van der Waals surface area contributed by atoms with Crippen molar-refractivity contribution >= 4 is 11.0 Å². The molecule has 5 rings (SSSR count). The van der Waals surface area contributed by atoms with E-state index in [1.165, 1.54) is 12.8 Å². The Morgan fingerprint density at radius 2 is 1.58 bits per heavy atom. The normalized spacial score (nSPS) is 14.0. The van der Waals surface area contributed by atoms with Gasteiger partial charge in [0, 0.05) is 18.0 Å². The van der Waals surface area contributed by atoms with Gasteiger partial charge in [-0.05, 0) is 66.9 Å². The lowest BCUT2D eigenvalue weighted by molar-refractivity contribution is 0.238. The molecule has 33 heavy (non-hydrogen) atoms. The van der Waals surface area contributed by atoms with Gasteiger partial charge in [0.25, 0.3) is 0 Å². The molecule has 0 radical (unpaired) electrons. The number of nitrogens with zero attached hydrogens (tertiary/aromatic N) is 1. The largest absolute Gasteiger partial charge is 0.497 e. The minimum absolute atomic E-state index is 0.377. The summed E-state index contributed by atoms with van der Waals surface area (Å²) < 4.78 is 17.1. The quantitative estimate of drug-likeness (QED) is 0.349. The van der Waals surface area contributed by atoms with E-state index in [1.807, 2.05) is 66.7 Å². The zero-order chi connectivity index (χ0) is 22.6. The third-order valence-corrected chi connectivity index (χ3v) is 6.19. The maximum Gasteiger partial charge on any atom is 0.344 e. The van der Waals surface area contributed by atoms with Crippen LogP contribution in [0.5, 0.6) is 11.5 Å². The second-order valence-electron chi connectivity index (χ2n) is 8.32. The van der Waals surface area contributed by atoms with Crippen LogP contribution in [0.25, 0.3) is 33.2 Å². The number of fused-ring (bicyclic) bond motifs is 1. The van der Waals surface area contributed by atoms with E-state index in [9.17, 15) is 4.79 Å². The van der Waals surface area contributed by atoms with Crippen LogP contribution in [0, 0.1) is 0 Å². The molecule has 1 fully saturated rings. The molecule has 0 saturated carbocycles. The van der Waals surface area contributed by atoms with Crippen LogP contribution in [0.3, 0.4) is 0 Å². The van der Waals surface area contributed by atoms with Crippen molar-refractivity contribution in [2.24, 2.45) is 0 Å². The van der Waals surface area contributed by atoms with Gasteiger partial charge in [-0.25, -0.2) is 4.79 Å². The zero-order valence-electron chi connectivity index (χ0n) is 18.8. The molecule has 0 atom stereocenters. The van der Waals surface area contributed by atoms with Gasteiger partial charge in [0.1, 0.15) is 23.7 Å². The van der Waals surface area contributed by atoms with E-state index in [0.717, 1.165) is 47.5 Å². The highest BCUT2D eigenvalue weighted by Gasteiger charge is 2.14. The molecule has 0 spiro atoms. The number of methoxy groups -OCH3 is 1. The first-order valence-corrected chi connectivity index (χ1v) is 11.4. The average Bonchev–Trinajstić information content (AvgIpc) is 3.37. The van der Waals surface area contributed by atoms with Gasteiger partial charge in [-0.3, -0.25) is 4.90 Å². The SMILES string of the molecule is COc1cc(-c2ccccc2)c2cc(-c3ccc(OCCN4CCCC4)cc3)c(=O)oc2c1. The minimum atomic E-state index is -0.377. The molecule has 1 saturated heterocycles. The standard InChI is InChI=1S/C28H27NO4/c1-31-23-17-24(20-7-3-2-4-8-20)26-19-25(28(30)33-27(26)18-23)21-9-11-22(12-10-21)32-16-15-29-13-5-6-14-29/h2-4,7-12,17-19H,5-6,13-16H2,1H3. The summed E-state index contributed by atoms with van der Waals surface area (Å²) in [6, 6.07) is 23.3. The number of likely N-dealkylation sites (tertiary alicyclic amines) is 1. The average molecular weight is 442 g/mol. The molecule has 1 aliphatic rings. The van der Waals surface area contributed by atoms with Crippen molar-refractivity contribution in [3.8, 4) is 33.8 Å². The van der Waals surface area contributed by atoms with E-state index in [-0.39, 0.29) is 5.63 Å². The van der Waals surface area contributed by atoms with Crippen LogP contribution in [0.4, 0.5) is 0 Å². The lowest BCUT2D eigenvalue weighted by Crippen LogP contribution is -2.25. The van der Waals surface area contributed by atoms with Crippen LogP contribution in [-0.4, -0.2) is 38.3 Å². The highest BCUT2D eigenvalue weighted by Crippen LogP contribution is 2.34. The molecule has 0 aliphatic carbocycles. The first-order valence-electron chi connectivity index (χ1n) is 11.4. The van der Waals surface area contributed by atoms with Gasteiger partial charge in [0.05, 0.1) is 12.7 Å². The van der Waals surface area contributed by atoms with Gasteiger partial charge < -0.3 is 13.9 Å². The van der Waals surface area contributed by atoms with Crippen molar-refractivity contribution < 1.29 is 13.9 Å². The first-order chi connectivity index (χ1) is 16.2. The molecule has 0 unspecified atom stereocenters. The van der Waals surface area contributed by atoms with Gasteiger partial charge in [-0.15, -0.1) is 0 Å². The minimum Gasteiger partial charge on any atom is -0.497 e. The number of rotatable bonds is 7. The van der Waals surface area contributed by atoms with E-state index in [0.29, 0.717) is 23.5 Å². The molecule has 5 nitrogen and oxygen atoms in total. The molecular weight excluding hydrogens is 414 g/mol. The molecule has 0 N–H and O–H groups in total. The highest BCUT2D eigenvalue weighted by atomic mass is 16.5. The smallest absolute Gasteiger partial charge is 0.344 e. The topological polar surface area (TPSA) is 51.9 Å². The Labute approximate surface area is 193 Å². The third-order valence-electron chi connectivity index (χ3n) is 6.19. The van der Waals surface area contributed by atoms with Crippen molar-refractivity contribution in [3.63, 3.8) is 0 Å². The summed E-state index contributed by atoms with van der Waals surface area (Å²) in [6.45, 7) is 3.94. The van der Waals surface area contributed by atoms with Gasteiger partial charge >= 0.3 is 5.63 Å². The first kappa shape index (κ1) is 21.3. The molecule has 1 aromatic heterocycles. The van der Waals surface area contributed by atoms with Crippen molar-refractivity contribution in [3.05, 3.63) is 83.2 Å². The van der Waals surface area contributed by atoms with Crippen molar-refractivity contribution in [2.45, 2.75) is 12.8 Å². The predicted molar refractivity (Wildman–Crippen MR) is 131 cm³/mol. The van der Waals surface area contributed by atoms with Crippen molar-refractivity contribution in [2.75, 3.05) is 33.4 Å². The molecular formula is C28H27NO4. The van der Waals surface area contributed by atoms with Crippen LogP contribution < -0.4 is 15.1 Å². The van der Waals surface area contributed by atoms with Crippen molar-refractivity contribution in [1.29, 1.82) is 0 Å². The molecule has 5 heteroatoms. The van der Waals surface area contributed by atoms with E-state index in [2.05, 4.69) is 4.90 Å². The fraction of sp³-hybridized carbons (Fsp3) is 0.250. The number of benzene rings is 3. The molecule has 3 aromatic carbocycles. The Kier molecular flexibility index (Phi) is 6.13. The molecule has 2 heterocycles. The van der Waals surface area contributed by atoms with Gasteiger partial charge in [0.2, 0.25) is 0 Å². The Morgan fingerprint density at radius 1 is 0.848 bits per heavy atom. The summed E-state index contributed by atoms with van der Waals surface area (Å²) in [7, 11) is 1.61. The molecule has 4 aromatic rings. The maximum atomic E-state index is 12.8. The maximum absolute atomic E-state index is 12.8. The Morgan fingerprint density at radius 3 is 2.30 bits per heavy atom. The van der Waals surface area contributed by atoms with E-state index >= 15 is 0 Å². The van der Waals surface area contributed by atoms with E-state index in [4.69, 9.17) is 13.9 Å². The van der Waals surface area contributed by atoms with Gasteiger partial charge in [-0.1, -0.05) is 42.5 Å². The number of ether oxygens (including phenoxy) is 2. The van der Waals surface area contributed by atoms with Gasteiger partial charge in [0.15, 0.2) is 0 Å². The summed E-state index contributed by atoms with van der Waals surface area (Å²) >= 11 is 0. The number of hydrogen-bond acceptors (Lipinski definition) is 5. The van der Waals surface area contributed by atoms with Crippen LogP contribution in [-0.2, 0) is 0 Å². The highest BCUT2D eigenvalue weighted by molar-refractivity contribution is 5.96. The molecule has 168 valence electrons. The van der Waals surface area contributed by atoms with Crippen molar-refractivity contribution in [1.82, 2.24) is 4.90 Å².